The number of hydrogen-bond donors (Lipinski definition) is 1. The van der Waals surface area contributed by atoms with Crippen LogP contribution in [-0.4, -0.2) is 31.3 Å². The van der Waals surface area contributed by atoms with Crippen LogP contribution in [-0.2, 0) is 29.1 Å². The molecule has 0 radical (unpaired) electrons. The maximum absolute atomic E-state index is 13.4. The maximum atomic E-state index is 13.4. The van der Waals surface area contributed by atoms with Crippen LogP contribution >= 0.6 is 0 Å². The molecule has 1 aliphatic heterocycles. The highest BCUT2D eigenvalue weighted by atomic mass is 16.2. The third-order valence-electron chi connectivity index (χ3n) is 5.43. The van der Waals surface area contributed by atoms with Gasteiger partial charge < -0.3 is 9.88 Å². The van der Waals surface area contributed by atoms with Crippen LogP contribution in [0.25, 0.3) is 0 Å². The summed E-state index contributed by atoms with van der Waals surface area (Å²) in [7, 11) is 0. The van der Waals surface area contributed by atoms with Crippen LogP contribution in [0.2, 0.25) is 0 Å². The molecule has 3 aromatic rings. The average molecular weight is 419 g/mol. The van der Waals surface area contributed by atoms with Gasteiger partial charge in [0.15, 0.2) is 5.82 Å². The van der Waals surface area contributed by atoms with Crippen LogP contribution in [0.1, 0.15) is 42.5 Å². The predicted octanol–water partition coefficient (Wildman–Crippen LogP) is 2.58. The lowest BCUT2D eigenvalue weighted by atomic mass is 9.95. The largest absolute Gasteiger partial charge is 0.350 e. The lowest BCUT2D eigenvalue weighted by molar-refractivity contribution is -0.134. The second-order valence-electron chi connectivity index (χ2n) is 8.05. The van der Waals surface area contributed by atoms with E-state index < -0.39 is 5.92 Å². The van der Waals surface area contributed by atoms with Crippen LogP contribution in [0, 0.1) is 12.8 Å². The quantitative estimate of drug-likeness (QED) is 0.621. The summed E-state index contributed by atoms with van der Waals surface area (Å²) in [4.78, 5) is 41.0. The Kier molecular flexibility index (Phi) is 5.79. The van der Waals surface area contributed by atoms with Crippen molar-refractivity contribution in [3.8, 4) is 0 Å². The number of carbonyl (C=O) groups excluding carboxylic acids is 2. The third-order valence-corrected chi connectivity index (χ3v) is 5.43. The topological polar surface area (TPSA) is 93.0 Å². The number of nitrogens with zero attached hydrogens (tertiary/aromatic N) is 5. The predicted molar refractivity (Wildman–Crippen MR) is 116 cm³/mol. The second kappa shape index (κ2) is 8.67. The fraction of sp³-hybridized carbons (Fsp3) is 0.348. The molecule has 8 nitrogen and oxygen atoms in total. The first-order valence-electron chi connectivity index (χ1n) is 10.4. The number of benzene rings is 1. The van der Waals surface area contributed by atoms with Crippen LogP contribution < -0.4 is 10.2 Å². The summed E-state index contributed by atoms with van der Waals surface area (Å²) < 4.78 is 2.03. The monoisotopic (exact) mass is 418 g/mol. The molecule has 8 heteroatoms. The number of rotatable bonds is 6. The van der Waals surface area contributed by atoms with Crippen LogP contribution in [0.3, 0.4) is 0 Å². The first kappa shape index (κ1) is 20.7. The highest BCUT2D eigenvalue weighted by Crippen LogP contribution is 2.32. The minimum atomic E-state index is -0.816. The zero-order valence-electron chi connectivity index (χ0n) is 17.9. The second-order valence-corrected chi connectivity index (χ2v) is 8.05. The molecule has 0 bridgehead atoms. The maximum Gasteiger partial charge on any atom is 0.241 e. The van der Waals surface area contributed by atoms with E-state index in [1.165, 1.54) is 0 Å². The number of amides is 2. The number of nitrogens with one attached hydrogen (secondary N) is 1. The minimum absolute atomic E-state index is 0.176. The van der Waals surface area contributed by atoms with Crippen LogP contribution in [0.15, 0.2) is 49.1 Å². The molecule has 31 heavy (non-hydrogen) atoms. The third kappa shape index (κ3) is 4.33. The molecule has 1 aliphatic rings. The van der Waals surface area contributed by atoms with E-state index in [9.17, 15) is 9.59 Å². The molecule has 0 spiro atoms. The van der Waals surface area contributed by atoms with E-state index in [2.05, 4.69) is 34.1 Å². The first-order valence-corrected chi connectivity index (χ1v) is 10.4. The summed E-state index contributed by atoms with van der Waals surface area (Å²) >= 11 is 0. The molecule has 160 valence electrons. The summed E-state index contributed by atoms with van der Waals surface area (Å²) in [6.07, 6.45) is 5.36. The Morgan fingerprint density at radius 2 is 1.94 bits per heavy atom. The average Bonchev–Trinajstić information content (AvgIpc) is 3.20. The Morgan fingerprint density at radius 3 is 2.61 bits per heavy atom. The number of hydrogen-bond acceptors (Lipinski definition) is 5. The molecule has 4 rings (SSSR count). The molecule has 0 saturated heterocycles. The van der Waals surface area contributed by atoms with Gasteiger partial charge in [0, 0.05) is 18.7 Å². The Bertz CT molecular complexity index is 1080. The summed E-state index contributed by atoms with van der Waals surface area (Å²) in [6, 6.07) is 9.91. The lowest BCUT2D eigenvalue weighted by Crippen LogP contribution is -2.48. The van der Waals surface area contributed by atoms with Crippen molar-refractivity contribution in [2.75, 3.05) is 4.90 Å². The zero-order chi connectivity index (χ0) is 22.0. The van der Waals surface area contributed by atoms with E-state index in [-0.39, 0.29) is 24.4 Å². The summed E-state index contributed by atoms with van der Waals surface area (Å²) in [5.74, 6) is -0.731. The van der Waals surface area contributed by atoms with Crippen molar-refractivity contribution in [2.45, 2.75) is 46.3 Å². The van der Waals surface area contributed by atoms with Gasteiger partial charge in [0.05, 0.1) is 42.7 Å². The van der Waals surface area contributed by atoms with Gasteiger partial charge >= 0.3 is 0 Å². The molecule has 0 aliphatic carbocycles. The Hall–Kier alpha value is -3.55. The number of fused-ring (bicyclic) bond motifs is 1. The van der Waals surface area contributed by atoms with Gasteiger partial charge in [-0.2, -0.15) is 0 Å². The van der Waals surface area contributed by atoms with E-state index in [1.807, 2.05) is 41.8 Å². The molecule has 0 fully saturated rings. The molecule has 3 heterocycles. The fourth-order valence-electron chi connectivity index (χ4n) is 3.75. The smallest absolute Gasteiger partial charge is 0.241 e. The van der Waals surface area contributed by atoms with Gasteiger partial charge in [0.2, 0.25) is 11.8 Å². The molecule has 1 unspecified atom stereocenters. The number of aromatic nitrogens is 4. The summed E-state index contributed by atoms with van der Waals surface area (Å²) in [6.45, 7) is 6.57. The van der Waals surface area contributed by atoms with Gasteiger partial charge in [-0.05, 0) is 26.3 Å². The lowest BCUT2D eigenvalue weighted by Gasteiger charge is -2.32. The van der Waals surface area contributed by atoms with Crippen molar-refractivity contribution in [1.29, 1.82) is 0 Å². The van der Waals surface area contributed by atoms with Gasteiger partial charge in [-0.25, -0.2) is 4.98 Å². The van der Waals surface area contributed by atoms with Gasteiger partial charge in [-0.3, -0.25) is 24.5 Å². The van der Waals surface area contributed by atoms with Gasteiger partial charge in [-0.1, -0.05) is 30.3 Å². The molecule has 1 aromatic carbocycles. The van der Waals surface area contributed by atoms with Crippen molar-refractivity contribution >= 4 is 17.6 Å². The molecule has 1 N–H and O–H groups in total. The van der Waals surface area contributed by atoms with E-state index in [0.29, 0.717) is 24.5 Å². The SMILES string of the molecule is Cc1cnc(CNC(=O)C2Cc3c(ncn3C(C)C)N(Cc3ccccc3)C2=O)cn1. The molecular weight excluding hydrogens is 392 g/mol. The summed E-state index contributed by atoms with van der Waals surface area (Å²) in [5, 5.41) is 2.86. The first-order chi connectivity index (χ1) is 14.9. The molecule has 0 saturated carbocycles. The van der Waals surface area contributed by atoms with E-state index in [4.69, 9.17) is 0 Å². The highest BCUT2D eigenvalue weighted by molar-refractivity contribution is 6.09. The van der Waals surface area contributed by atoms with Crippen molar-refractivity contribution < 1.29 is 9.59 Å². The number of carbonyl (C=O) groups is 2. The normalized spacial score (nSPS) is 15.8. The highest BCUT2D eigenvalue weighted by Gasteiger charge is 2.40. The number of anilines is 1. The molecule has 1 atom stereocenters. The van der Waals surface area contributed by atoms with Crippen molar-refractivity contribution in [3.63, 3.8) is 0 Å². The standard InChI is InChI=1S/C23H26N6O2/c1-15(2)29-14-27-21-20(29)9-19(22(30)26-12-18-11-24-16(3)10-25-18)23(31)28(21)13-17-7-5-4-6-8-17/h4-8,10-11,14-15,19H,9,12-13H2,1-3H3,(H,26,30). The van der Waals surface area contributed by atoms with E-state index in [0.717, 1.165) is 17.0 Å². The van der Waals surface area contributed by atoms with Crippen LogP contribution in [0.5, 0.6) is 0 Å². The fourth-order valence-corrected chi connectivity index (χ4v) is 3.75. The van der Waals surface area contributed by atoms with E-state index >= 15 is 0 Å². The summed E-state index contributed by atoms with van der Waals surface area (Å²) in [5.41, 5.74) is 3.34. The van der Waals surface area contributed by atoms with Crippen LogP contribution in [0.4, 0.5) is 5.82 Å². The van der Waals surface area contributed by atoms with Crippen molar-refractivity contribution in [3.05, 3.63) is 71.7 Å². The van der Waals surface area contributed by atoms with Crippen molar-refractivity contribution in [1.82, 2.24) is 24.8 Å². The molecule has 2 aromatic heterocycles. The molecular formula is C23H26N6O2. The zero-order valence-corrected chi connectivity index (χ0v) is 17.9. The number of imidazole rings is 1. The van der Waals surface area contributed by atoms with Gasteiger partial charge in [0.1, 0.15) is 5.92 Å². The van der Waals surface area contributed by atoms with Gasteiger partial charge in [-0.15, -0.1) is 0 Å². The Balaban J connectivity index is 1.59. The van der Waals surface area contributed by atoms with Crippen molar-refractivity contribution in [2.24, 2.45) is 5.92 Å². The van der Waals surface area contributed by atoms with Gasteiger partial charge in [0.25, 0.3) is 0 Å². The Morgan fingerprint density at radius 1 is 1.16 bits per heavy atom. The Labute approximate surface area is 181 Å². The van der Waals surface area contributed by atoms with E-state index in [1.54, 1.807) is 23.6 Å². The minimum Gasteiger partial charge on any atom is -0.350 e. The number of aryl methyl sites for hydroxylation is 1. The molecule has 2 amide bonds.